The first-order chi connectivity index (χ1) is 11.6. The topological polar surface area (TPSA) is 78.7 Å². The minimum Gasteiger partial charge on any atom is -0.351 e. The quantitative estimate of drug-likeness (QED) is 0.917. The maximum Gasteiger partial charge on any atom is 0.292 e. The predicted octanol–water partition coefficient (Wildman–Crippen LogP) is 1.38. The SMILES string of the molecule is Cc1cc(C(=O)N2CCN(CC(=O)Nc3ccccc3)CC2)on1. The van der Waals surface area contributed by atoms with Gasteiger partial charge in [0.15, 0.2) is 0 Å². The van der Waals surface area contributed by atoms with E-state index >= 15 is 0 Å². The van der Waals surface area contributed by atoms with Crippen LogP contribution in [0.2, 0.25) is 0 Å². The Morgan fingerprint density at radius 3 is 2.50 bits per heavy atom. The molecule has 126 valence electrons. The Kier molecular flexibility index (Phi) is 4.90. The second-order valence-corrected chi connectivity index (χ2v) is 5.82. The zero-order chi connectivity index (χ0) is 16.9. The fourth-order valence-electron chi connectivity index (χ4n) is 2.65. The molecular weight excluding hydrogens is 308 g/mol. The second-order valence-electron chi connectivity index (χ2n) is 5.82. The first kappa shape index (κ1) is 16.2. The van der Waals surface area contributed by atoms with E-state index < -0.39 is 0 Å². The molecule has 0 atom stereocenters. The Hall–Kier alpha value is -2.67. The number of nitrogens with one attached hydrogen (secondary N) is 1. The lowest BCUT2D eigenvalue weighted by atomic mass is 10.2. The number of carbonyl (C=O) groups excluding carboxylic acids is 2. The van der Waals surface area contributed by atoms with Gasteiger partial charge < -0.3 is 14.7 Å². The molecule has 0 spiro atoms. The summed E-state index contributed by atoms with van der Waals surface area (Å²) in [4.78, 5) is 28.1. The van der Waals surface area contributed by atoms with E-state index in [9.17, 15) is 9.59 Å². The normalized spacial score (nSPS) is 15.3. The van der Waals surface area contributed by atoms with Crippen molar-refractivity contribution in [1.82, 2.24) is 15.0 Å². The molecule has 3 rings (SSSR count). The lowest BCUT2D eigenvalue weighted by Crippen LogP contribution is -2.50. The van der Waals surface area contributed by atoms with Crippen LogP contribution < -0.4 is 5.32 Å². The van der Waals surface area contributed by atoms with Gasteiger partial charge in [0.25, 0.3) is 5.91 Å². The summed E-state index contributed by atoms with van der Waals surface area (Å²) in [6.45, 7) is 4.54. The molecule has 1 aromatic carbocycles. The first-order valence-corrected chi connectivity index (χ1v) is 7.91. The second kappa shape index (κ2) is 7.27. The number of rotatable bonds is 4. The average Bonchev–Trinajstić information content (AvgIpc) is 3.02. The van der Waals surface area contributed by atoms with Crippen LogP contribution in [0.4, 0.5) is 5.69 Å². The zero-order valence-corrected chi connectivity index (χ0v) is 13.6. The number of hydrogen-bond donors (Lipinski definition) is 1. The molecule has 2 amide bonds. The number of aryl methyl sites for hydroxylation is 1. The van der Waals surface area contributed by atoms with Gasteiger partial charge in [0.1, 0.15) is 0 Å². The van der Waals surface area contributed by atoms with Crippen molar-refractivity contribution >= 4 is 17.5 Å². The number of piperazine rings is 1. The van der Waals surface area contributed by atoms with Crippen LogP contribution in [0.15, 0.2) is 40.9 Å². The van der Waals surface area contributed by atoms with Crippen LogP contribution in [-0.4, -0.2) is 59.5 Å². The van der Waals surface area contributed by atoms with E-state index in [-0.39, 0.29) is 17.6 Å². The molecule has 24 heavy (non-hydrogen) atoms. The molecule has 1 N–H and O–H groups in total. The molecule has 2 aromatic rings. The number of anilines is 1. The van der Waals surface area contributed by atoms with Crippen LogP contribution >= 0.6 is 0 Å². The van der Waals surface area contributed by atoms with E-state index in [1.165, 1.54) is 0 Å². The minimum atomic E-state index is -0.149. The highest BCUT2D eigenvalue weighted by molar-refractivity contribution is 5.92. The summed E-state index contributed by atoms with van der Waals surface area (Å²) >= 11 is 0. The van der Waals surface area contributed by atoms with Gasteiger partial charge in [-0.1, -0.05) is 23.4 Å². The molecule has 1 aromatic heterocycles. The summed E-state index contributed by atoms with van der Waals surface area (Å²) < 4.78 is 5.02. The largest absolute Gasteiger partial charge is 0.351 e. The van der Waals surface area contributed by atoms with Crippen molar-refractivity contribution in [3.05, 3.63) is 47.9 Å². The van der Waals surface area contributed by atoms with Gasteiger partial charge >= 0.3 is 0 Å². The number of carbonyl (C=O) groups is 2. The Morgan fingerprint density at radius 1 is 1.17 bits per heavy atom. The van der Waals surface area contributed by atoms with Crippen molar-refractivity contribution in [2.45, 2.75) is 6.92 Å². The lowest BCUT2D eigenvalue weighted by molar-refractivity contribution is -0.117. The number of hydrogen-bond acceptors (Lipinski definition) is 5. The summed E-state index contributed by atoms with van der Waals surface area (Å²) in [5.74, 6) is 0.0681. The number of nitrogens with zero attached hydrogens (tertiary/aromatic N) is 3. The van der Waals surface area contributed by atoms with Gasteiger partial charge in [-0.2, -0.15) is 0 Å². The molecule has 1 fully saturated rings. The van der Waals surface area contributed by atoms with Crippen LogP contribution in [-0.2, 0) is 4.79 Å². The van der Waals surface area contributed by atoms with Gasteiger partial charge in [0, 0.05) is 37.9 Å². The Bertz CT molecular complexity index is 706. The summed E-state index contributed by atoms with van der Waals surface area (Å²) in [5, 5.41) is 6.61. The van der Waals surface area contributed by atoms with Crippen LogP contribution in [0.25, 0.3) is 0 Å². The summed E-state index contributed by atoms with van der Waals surface area (Å²) in [5.41, 5.74) is 1.48. The van der Waals surface area contributed by atoms with Gasteiger partial charge in [0.05, 0.1) is 12.2 Å². The fourth-order valence-corrected chi connectivity index (χ4v) is 2.65. The summed E-state index contributed by atoms with van der Waals surface area (Å²) in [6.07, 6.45) is 0. The molecule has 1 aliphatic rings. The van der Waals surface area contributed by atoms with Gasteiger partial charge in [-0.15, -0.1) is 0 Å². The molecule has 7 heteroatoms. The zero-order valence-electron chi connectivity index (χ0n) is 13.6. The molecule has 0 saturated carbocycles. The highest BCUT2D eigenvalue weighted by Gasteiger charge is 2.25. The molecule has 1 saturated heterocycles. The van der Waals surface area contributed by atoms with Crippen molar-refractivity contribution in [1.29, 1.82) is 0 Å². The van der Waals surface area contributed by atoms with Crippen molar-refractivity contribution < 1.29 is 14.1 Å². The number of amides is 2. The number of benzene rings is 1. The Morgan fingerprint density at radius 2 is 1.88 bits per heavy atom. The smallest absolute Gasteiger partial charge is 0.292 e. The van der Waals surface area contributed by atoms with Crippen molar-refractivity contribution in [3.63, 3.8) is 0 Å². The predicted molar refractivity (Wildman–Crippen MR) is 88.7 cm³/mol. The maximum atomic E-state index is 12.3. The standard InChI is InChI=1S/C17H20N4O3/c1-13-11-15(24-19-13)17(23)21-9-7-20(8-10-21)12-16(22)18-14-5-3-2-4-6-14/h2-6,11H,7-10,12H2,1H3,(H,18,22). The monoisotopic (exact) mass is 328 g/mol. The molecule has 0 aliphatic carbocycles. The van der Waals surface area contributed by atoms with Crippen molar-refractivity contribution in [2.24, 2.45) is 0 Å². The van der Waals surface area contributed by atoms with E-state index in [4.69, 9.17) is 4.52 Å². The first-order valence-electron chi connectivity index (χ1n) is 7.91. The van der Waals surface area contributed by atoms with Crippen LogP contribution in [0.5, 0.6) is 0 Å². The van der Waals surface area contributed by atoms with Gasteiger partial charge in [-0.25, -0.2) is 0 Å². The Balaban J connectivity index is 1.46. The third-order valence-electron chi connectivity index (χ3n) is 3.92. The number of para-hydroxylation sites is 1. The van der Waals surface area contributed by atoms with Gasteiger partial charge in [-0.05, 0) is 19.1 Å². The van der Waals surface area contributed by atoms with E-state index in [0.717, 1.165) is 5.69 Å². The van der Waals surface area contributed by atoms with E-state index in [1.54, 1.807) is 17.9 Å². The summed E-state index contributed by atoms with van der Waals surface area (Å²) in [6, 6.07) is 11.0. The molecule has 0 unspecified atom stereocenters. The van der Waals surface area contributed by atoms with Gasteiger partial charge in [0.2, 0.25) is 11.7 Å². The molecule has 7 nitrogen and oxygen atoms in total. The van der Waals surface area contributed by atoms with Gasteiger partial charge in [-0.3, -0.25) is 14.5 Å². The molecule has 1 aliphatic heterocycles. The average molecular weight is 328 g/mol. The third kappa shape index (κ3) is 3.99. The van der Waals surface area contributed by atoms with E-state index in [2.05, 4.69) is 10.5 Å². The van der Waals surface area contributed by atoms with Crippen LogP contribution in [0.1, 0.15) is 16.2 Å². The highest BCUT2D eigenvalue weighted by Crippen LogP contribution is 2.10. The fraction of sp³-hybridized carbons (Fsp3) is 0.353. The van der Waals surface area contributed by atoms with Crippen molar-refractivity contribution in [3.8, 4) is 0 Å². The van der Waals surface area contributed by atoms with Crippen molar-refractivity contribution in [2.75, 3.05) is 38.0 Å². The van der Waals surface area contributed by atoms with E-state index in [0.29, 0.717) is 38.4 Å². The molecule has 0 radical (unpaired) electrons. The van der Waals surface area contributed by atoms with Crippen LogP contribution in [0, 0.1) is 6.92 Å². The molecule has 2 heterocycles. The third-order valence-corrected chi connectivity index (χ3v) is 3.92. The van der Waals surface area contributed by atoms with Crippen LogP contribution in [0.3, 0.4) is 0 Å². The van der Waals surface area contributed by atoms with E-state index in [1.807, 2.05) is 35.2 Å². The summed E-state index contributed by atoms with van der Waals surface area (Å²) in [7, 11) is 0. The maximum absolute atomic E-state index is 12.3. The molecule has 0 bridgehead atoms. The lowest BCUT2D eigenvalue weighted by Gasteiger charge is -2.33. The Labute approximate surface area is 140 Å². The molecular formula is C17H20N4O3. The highest BCUT2D eigenvalue weighted by atomic mass is 16.5. The number of aromatic nitrogens is 1. The minimum absolute atomic E-state index is 0.0492.